The summed E-state index contributed by atoms with van der Waals surface area (Å²) < 4.78 is 52.2. The van der Waals surface area contributed by atoms with Crippen molar-refractivity contribution in [2.45, 2.75) is 6.54 Å². The number of hydrogen-bond acceptors (Lipinski definition) is 2. The number of rotatable bonds is 3. The molecule has 0 aromatic heterocycles. The average Bonchev–Trinajstić information content (AvgIpc) is 2.44. The molecule has 0 atom stereocenters. The quantitative estimate of drug-likeness (QED) is 0.676. The highest BCUT2D eigenvalue weighted by atomic mass is 19.2. The highest BCUT2D eigenvalue weighted by Gasteiger charge is 2.15. The maximum atomic E-state index is 13.5. The Kier molecular flexibility index (Phi) is 4.11. The molecule has 2 aromatic rings. The van der Waals surface area contributed by atoms with Crippen molar-refractivity contribution in [2.24, 2.45) is 0 Å². The Bertz CT molecular complexity index is 704. The Balaban J connectivity index is 2.11. The third-order valence-electron chi connectivity index (χ3n) is 2.77. The third kappa shape index (κ3) is 3.31. The summed E-state index contributed by atoms with van der Waals surface area (Å²) in [6.45, 7) is -0.146. The number of hydrogen-bond donors (Lipinski definition) is 2. The number of nitrogens with two attached hydrogens (primary N) is 1. The first-order valence-corrected chi connectivity index (χ1v) is 5.85. The van der Waals surface area contributed by atoms with Crippen LogP contribution in [0, 0.1) is 23.3 Å². The van der Waals surface area contributed by atoms with Gasteiger partial charge in [0.15, 0.2) is 11.6 Å². The van der Waals surface area contributed by atoms with Crippen molar-refractivity contribution in [3.8, 4) is 0 Å². The molecule has 21 heavy (non-hydrogen) atoms. The van der Waals surface area contributed by atoms with Gasteiger partial charge in [0, 0.05) is 12.6 Å². The molecule has 0 aliphatic rings. The van der Waals surface area contributed by atoms with E-state index in [-0.39, 0.29) is 17.8 Å². The zero-order chi connectivity index (χ0) is 15.6. The number of halogens is 4. The molecule has 0 unspecified atom stereocenters. The maximum absolute atomic E-state index is 13.5. The van der Waals surface area contributed by atoms with E-state index in [1.807, 2.05) is 0 Å². The predicted molar refractivity (Wildman–Crippen MR) is 68.3 cm³/mol. The van der Waals surface area contributed by atoms with E-state index in [1.165, 1.54) is 6.07 Å². The van der Waals surface area contributed by atoms with E-state index in [1.54, 1.807) is 0 Å². The number of anilines is 1. The van der Waals surface area contributed by atoms with Crippen LogP contribution in [0.25, 0.3) is 0 Å². The molecular weight excluding hydrogens is 288 g/mol. The second kappa shape index (κ2) is 5.82. The Morgan fingerprint density at radius 3 is 2.33 bits per heavy atom. The van der Waals surface area contributed by atoms with Gasteiger partial charge in [-0.25, -0.2) is 17.6 Å². The summed E-state index contributed by atoms with van der Waals surface area (Å²) in [5.41, 5.74) is 4.75. The minimum Gasteiger partial charge on any atom is -0.396 e. The van der Waals surface area contributed by atoms with Gasteiger partial charge in [-0.1, -0.05) is 6.07 Å². The fourth-order valence-corrected chi connectivity index (χ4v) is 1.67. The monoisotopic (exact) mass is 298 g/mol. The van der Waals surface area contributed by atoms with Gasteiger partial charge in [0.25, 0.3) is 5.91 Å². The summed E-state index contributed by atoms with van der Waals surface area (Å²) in [7, 11) is 0. The number of carbonyl (C=O) groups is 1. The van der Waals surface area contributed by atoms with Gasteiger partial charge < -0.3 is 11.1 Å². The molecule has 0 fully saturated rings. The van der Waals surface area contributed by atoms with Crippen molar-refractivity contribution < 1.29 is 22.4 Å². The van der Waals surface area contributed by atoms with E-state index in [0.29, 0.717) is 6.07 Å². The van der Waals surface area contributed by atoms with Crippen molar-refractivity contribution in [2.75, 3.05) is 5.73 Å². The van der Waals surface area contributed by atoms with Crippen LogP contribution in [-0.4, -0.2) is 5.91 Å². The van der Waals surface area contributed by atoms with E-state index in [0.717, 1.165) is 18.2 Å². The van der Waals surface area contributed by atoms with Crippen molar-refractivity contribution in [3.05, 3.63) is 64.7 Å². The second-order valence-corrected chi connectivity index (χ2v) is 4.28. The Morgan fingerprint density at radius 2 is 1.67 bits per heavy atom. The van der Waals surface area contributed by atoms with Crippen LogP contribution in [0.3, 0.4) is 0 Å². The summed E-state index contributed by atoms with van der Waals surface area (Å²) in [5.74, 6) is -4.94. The van der Waals surface area contributed by atoms with Crippen LogP contribution in [0.5, 0.6) is 0 Å². The number of amides is 1. The van der Waals surface area contributed by atoms with Crippen LogP contribution in [-0.2, 0) is 6.54 Å². The fourth-order valence-electron chi connectivity index (χ4n) is 1.67. The van der Waals surface area contributed by atoms with Crippen molar-refractivity contribution >= 4 is 11.6 Å². The lowest BCUT2D eigenvalue weighted by molar-refractivity contribution is 0.0947. The Morgan fingerprint density at radius 1 is 0.952 bits per heavy atom. The molecule has 3 nitrogen and oxygen atoms in total. The first-order chi connectivity index (χ1) is 9.88. The fraction of sp³-hybridized carbons (Fsp3) is 0.0714. The smallest absolute Gasteiger partial charge is 0.254 e. The molecule has 0 bridgehead atoms. The molecule has 110 valence electrons. The van der Waals surface area contributed by atoms with Gasteiger partial charge in [0.1, 0.15) is 11.6 Å². The Hall–Kier alpha value is -2.57. The number of benzene rings is 2. The largest absolute Gasteiger partial charge is 0.396 e. The lowest BCUT2D eigenvalue weighted by atomic mass is 10.1. The lowest BCUT2D eigenvalue weighted by Gasteiger charge is -2.08. The van der Waals surface area contributed by atoms with E-state index in [4.69, 9.17) is 5.73 Å². The van der Waals surface area contributed by atoms with Crippen molar-refractivity contribution in [1.29, 1.82) is 0 Å². The van der Waals surface area contributed by atoms with Crippen LogP contribution in [0.4, 0.5) is 23.2 Å². The first kappa shape index (κ1) is 14.8. The lowest BCUT2D eigenvalue weighted by Crippen LogP contribution is -2.24. The summed E-state index contributed by atoms with van der Waals surface area (Å²) in [6, 6.07) is 4.46. The molecule has 3 N–H and O–H groups in total. The molecule has 0 radical (unpaired) electrons. The van der Waals surface area contributed by atoms with Gasteiger partial charge >= 0.3 is 0 Å². The minimum atomic E-state index is -1.07. The average molecular weight is 298 g/mol. The standard InChI is InChI=1S/C14H10F4N2O/c15-9-2-1-7(3-11(9)17)6-20-14(21)8-4-13(19)12(18)5-10(8)16/h1-5H,6,19H2,(H,20,21). The van der Waals surface area contributed by atoms with Crippen molar-refractivity contribution in [1.82, 2.24) is 5.32 Å². The van der Waals surface area contributed by atoms with Gasteiger partial charge in [-0.05, 0) is 23.8 Å². The van der Waals surface area contributed by atoms with Crippen LogP contribution < -0.4 is 11.1 Å². The molecule has 0 aliphatic heterocycles. The predicted octanol–water partition coefficient (Wildman–Crippen LogP) is 2.76. The van der Waals surface area contributed by atoms with E-state index in [2.05, 4.69) is 5.32 Å². The normalized spacial score (nSPS) is 10.5. The number of nitrogens with one attached hydrogen (secondary N) is 1. The highest BCUT2D eigenvalue weighted by molar-refractivity contribution is 5.95. The highest BCUT2D eigenvalue weighted by Crippen LogP contribution is 2.17. The van der Waals surface area contributed by atoms with Crippen LogP contribution >= 0.6 is 0 Å². The topological polar surface area (TPSA) is 55.1 Å². The van der Waals surface area contributed by atoms with E-state index in [9.17, 15) is 22.4 Å². The molecular formula is C14H10F4N2O. The van der Waals surface area contributed by atoms with Gasteiger partial charge in [-0.15, -0.1) is 0 Å². The maximum Gasteiger partial charge on any atom is 0.254 e. The SMILES string of the molecule is Nc1cc(C(=O)NCc2ccc(F)c(F)c2)c(F)cc1F. The first-order valence-electron chi connectivity index (χ1n) is 5.85. The molecule has 0 saturated carbocycles. The Labute approximate surface area is 117 Å². The zero-order valence-corrected chi connectivity index (χ0v) is 10.6. The van der Waals surface area contributed by atoms with Crippen LogP contribution in [0.2, 0.25) is 0 Å². The van der Waals surface area contributed by atoms with E-state index < -0.39 is 34.7 Å². The van der Waals surface area contributed by atoms with Crippen LogP contribution in [0.1, 0.15) is 15.9 Å². The molecule has 1 amide bonds. The minimum absolute atomic E-state index is 0.146. The second-order valence-electron chi connectivity index (χ2n) is 4.28. The van der Waals surface area contributed by atoms with Gasteiger partial charge in [-0.2, -0.15) is 0 Å². The number of carbonyl (C=O) groups excluding carboxylic acids is 1. The molecule has 0 spiro atoms. The van der Waals surface area contributed by atoms with Gasteiger partial charge in [-0.3, -0.25) is 4.79 Å². The third-order valence-corrected chi connectivity index (χ3v) is 2.77. The number of nitrogen functional groups attached to an aromatic ring is 1. The molecule has 7 heteroatoms. The van der Waals surface area contributed by atoms with Crippen LogP contribution in [0.15, 0.2) is 30.3 Å². The van der Waals surface area contributed by atoms with Crippen molar-refractivity contribution in [3.63, 3.8) is 0 Å². The summed E-state index contributed by atoms with van der Waals surface area (Å²) in [6.07, 6.45) is 0. The molecule has 0 saturated heterocycles. The molecule has 2 aromatic carbocycles. The summed E-state index contributed by atoms with van der Waals surface area (Å²) >= 11 is 0. The molecule has 0 heterocycles. The van der Waals surface area contributed by atoms with Gasteiger partial charge in [0.05, 0.1) is 11.3 Å². The van der Waals surface area contributed by atoms with Gasteiger partial charge in [0.2, 0.25) is 0 Å². The molecule has 2 rings (SSSR count). The molecule has 0 aliphatic carbocycles. The van der Waals surface area contributed by atoms with E-state index >= 15 is 0 Å². The zero-order valence-electron chi connectivity index (χ0n) is 10.6. The summed E-state index contributed by atoms with van der Waals surface area (Å²) in [5, 5.41) is 2.30. The summed E-state index contributed by atoms with van der Waals surface area (Å²) in [4.78, 5) is 11.8.